The molecule has 0 amide bonds. The van der Waals surface area contributed by atoms with Crippen molar-refractivity contribution >= 4 is 21.9 Å². The lowest BCUT2D eigenvalue weighted by Crippen LogP contribution is -1.87. The minimum atomic E-state index is 0.554. The monoisotopic (exact) mass is 284 g/mol. The fraction of sp³-hybridized carbons (Fsp3) is 0.0526. The van der Waals surface area contributed by atoms with Crippen molar-refractivity contribution in [1.82, 2.24) is 4.98 Å². The molecule has 0 aliphatic carbocycles. The quantitative estimate of drug-likeness (QED) is 0.503. The van der Waals surface area contributed by atoms with Crippen LogP contribution in [0.2, 0.25) is 0 Å². The average molecular weight is 284 g/mol. The summed E-state index contributed by atoms with van der Waals surface area (Å²) in [5.74, 6) is 0. The lowest BCUT2D eigenvalue weighted by atomic mass is 9.98. The Morgan fingerprint density at radius 1 is 1.05 bits per heavy atom. The topological polar surface area (TPSA) is 49.8 Å². The minimum Gasteiger partial charge on any atom is -0.455 e. The van der Waals surface area contributed by atoms with Crippen molar-refractivity contribution in [3.63, 3.8) is 0 Å². The van der Waals surface area contributed by atoms with E-state index in [1.807, 2.05) is 42.5 Å². The minimum absolute atomic E-state index is 0.554. The van der Waals surface area contributed by atoms with Crippen LogP contribution in [0.4, 0.5) is 0 Å². The molecule has 0 bridgehead atoms. The number of nitrogens with zero attached hydrogens (tertiary/aromatic N) is 2. The summed E-state index contributed by atoms with van der Waals surface area (Å²) in [4.78, 5) is 4.48. The molecular formula is C19H12N2O. The predicted molar refractivity (Wildman–Crippen MR) is 86.4 cm³/mol. The summed E-state index contributed by atoms with van der Waals surface area (Å²) in [6.07, 6.45) is 1.79. The summed E-state index contributed by atoms with van der Waals surface area (Å²) >= 11 is 0. The van der Waals surface area contributed by atoms with E-state index in [0.717, 1.165) is 33.2 Å². The fourth-order valence-electron chi connectivity index (χ4n) is 2.92. The van der Waals surface area contributed by atoms with E-state index in [9.17, 15) is 5.26 Å². The van der Waals surface area contributed by atoms with Crippen LogP contribution in [0, 0.1) is 18.3 Å². The van der Waals surface area contributed by atoms with Crippen molar-refractivity contribution in [2.45, 2.75) is 6.92 Å². The maximum Gasteiger partial charge on any atom is 0.153 e. The molecule has 0 saturated heterocycles. The van der Waals surface area contributed by atoms with E-state index >= 15 is 0 Å². The van der Waals surface area contributed by atoms with Gasteiger partial charge in [0.1, 0.15) is 11.7 Å². The van der Waals surface area contributed by atoms with Crippen molar-refractivity contribution in [2.24, 2.45) is 0 Å². The molecule has 22 heavy (non-hydrogen) atoms. The standard InChI is InChI=1S/C19H12N2O/c1-12-8-9-16-18(17(12)15-7-2-3-10-21-15)14-6-4-5-13(11-20)19(14)22-16/h2-10H,1H3. The number of hydrogen-bond donors (Lipinski definition) is 0. The van der Waals surface area contributed by atoms with Gasteiger partial charge in [-0.15, -0.1) is 0 Å². The maximum atomic E-state index is 9.28. The van der Waals surface area contributed by atoms with Crippen molar-refractivity contribution in [1.29, 1.82) is 5.26 Å². The zero-order chi connectivity index (χ0) is 15.1. The van der Waals surface area contributed by atoms with Gasteiger partial charge in [-0.25, -0.2) is 0 Å². The highest BCUT2D eigenvalue weighted by molar-refractivity contribution is 6.13. The Morgan fingerprint density at radius 2 is 1.95 bits per heavy atom. The Hall–Kier alpha value is -3.12. The van der Waals surface area contributed by atoms with Crippen LogP contribution in [-0.2, 0) is 0 Å². The first-order chi connectivity index (χ1) is 10.8. The summed E-state index contributed by atoms with van der Waals surface area (Å²) < 4.78 is 5.94. The third-order valence-corrected chi connectivity index (χ3v) is 3.91. The Morgan fingerprint density at radius 3 is 2.73 bits per heavy atom. The van der Waals surface area contributed by atoms with Gasteiger partial charge in [-0.3, -0.25) is 4.98 Å². The van der Waals surface area contributed by atoms with E-state index in [-0.39, 0.29) is 0 Å². The largest absolute Gasteiger partial charge is 0.455 e. The molecule has 0 saturated carbocycles. The van der Waals surface area contributed by atoms with Crippen LogP contribution in [0.15, 0.2) is 59.1 Å². The summed E-state index contributed by atoms with van der Waals surface area (Å²) in [6.45, 7) is 2.07. The normalized spacial score (nSPS) is 10.9. The molecule has 2 aromatic heterocycles. The van der Waals surface area contributed by atoms with E-state index in [0.29, 0.717) is 11.1 Å². The lowest BCUT2D eigenvalue weighted by molar-refractivity contribution is 0.667. The first-order valence-corrected chi connectivity index (χ1v) is 7.06. The summed E-state index contributed by atoms with van der Waals surface area (Å²) in [6, 6.07) is 17.7. The highest BCUT2D eigenvalue weighted by Crippen LogP contribution is 2.38. The molecule has 0 unspecified atom stereocenters. The maximum absolute atomic E-state index is 9.28. The molecule has 0 aliphatic rings. The molecule has 0 aliphatic heterocycles. The summed E-state index contributed by atoms with van der Waals surface area (Å²) in [5.41, 5.74) is 5.09. The molecule has 0 radical (unpaired) electrons. The van der Waals surface area contributed by atoms with E-state index < -0.39 is 0 Å². The fourth-order valence-corrected chi connectivity index (χ4v) is 2.92. The number of benzene rings is 2. The average Bonchev–Trinajstić information content (AvgIpc) is 2.94. The third-order valence-electron chi connectivity index (χ3n) is 3.91. The van der Waals surface area contributed by atoms with Crippen molar-refractivity contribution in [3.05, 3.63) is 65.9 Å². The number of aryl methyl sites for hydroxylation is 1. The molecular weight excluding hydrogens is 272 g/mol. The number of hydrogen-bond acceptors (Lipinski definition) is 3. The van der Waals surface area contributed by atoms with Gasteiger partial charge in [0.15, 0.2) is 5.58 Å². The van der Waals surface area contributed by atoms with Crippen LogP contribution in [0.1, 0.15) is 11.1 Å². The van der Waals surface area contributed by atoms with E-state index in [1.54, 1.807) is 12.3 Å². The molecule has 4 aromatic rings. The van der Waals surface area contributed by atoms with Crippen LogP contribution in [0.5, 0.6) is 0 Å². The van der Waals surface area contributed by atoms with Crippen LogP contribution in [-0.4, -0.2) is 4.98 Å². The van der Waals surface area contributed by atoms with Gasteiger partial charge in [0, 0.05) is 22.5 Å². The van der Waals surface area contributed by atoms with Crippen LogP contribution < -0.4 is 0 Å². The van der Waals surface area contributed by atoms with Gasteiger partial charge in [-0.2, -0.15) is 5.26 Å². The molecule has 0 fully saturated rings. The molecule has 3 heteroatoms. The number of fused-ring (bicyclic) bond motifs is 3. The molecule has 0 N–H and O–H groups in total. The molecule has 104 valence electrons. The Labute approximate surface area is 127 Å². The van der Waals surface area contributed by atoms with Crippen LogP contribution in [0.25, 0.3) is 33.2 Å². The number of rotatable bonds is 1. The van der Waals surface area contributed by atoms with Gasteiger partial charge >= 0.3 is 0 Å². The van der Waals surface area contributed by atoms with Gasteiger partial charge in [0.25, 0.3) is 0 Å². The number of furan rings is 1. The van der Waals surface area contributed by atoms with Gasteiger partial charge in [0.2, 0.25) is 0 Å². The van der Waals surface area contributed by atoms with Crippen molar-refractivity contribution in [3.8, 4) is 17.3 Å². The number of pyridine rings is 1. The second-order valence-corrected chi connectivity index (χ2v) is 5.24. The second kappa shape index (κ2) is 4.71. The van der Waals surface area contributed by atoms with Crippen molar-refractivity contribution in [2.75, 3.05) is 0 Å². The summed E-state index contributed by atoms with van der Waals surface area (Å²) in [5, 5.41) is 11.3. The van der Waals surface area contributed by atoms with Crippen molar-refractivity contribution < 1.29 is 4.42 Å². The van der Waals surface area contributed by atoms with E-state index in [2.05, 4.69) is 18.0 Å². The first-order valence-electron chi connectivity index (χ1n) is 7.06. The first kappa shape index (κ1) is 12.6. The Bertz CT molecular complexity index is 1040. The zero-order valence-electron chi connectivity index (χ0n) is 12.0. The van der Waals surface area contributed by atoms with E-state index in [4.69, 9.17) is 4.42 Å². The Kier molecular flexibility index (Phi) is 2.70. The molecule has 3 nitrogen and oxygen atoms in total. The molecule has 2 aromatic carbocycles. The SMILES string of the molecule is Cc1ccc2oc3c(C#N)cccc3c2c1-c1ccccn1. The van der Waals surface area contributed by atoms with Crippen LogP contribution >= 0.6 is 0 Å². The lowest BCUT2D eigenvalue weighted by Gasteiger charge is -2.06. The Balaban J connectivity index is 2.22. The second-order valence-electron chi connectivity index (χ2n) is 5.24. The third kappa shape index (κ3) is 1.71. The molecule has 2 heterocycles. The highest BCUT2D eigenvalue weighted by Gasteiger charge is 2.16. The summed E-state index contributed by atoms with van der Waals surface area (Å²) in [7, 11) is 0. The smallest absolute Gasteiger partial charge is 0.153 e. The number of aromatic nitrogens is 1. The van der Waals surface area contributed by atoms with Gasteiger partial charge in [0.05, 0.1) is 11.3 Å². The predicted octanol–water partition coefficient (Wildman–Crippen LogP) is 4.83. The molecule has 4 rings (SSSR count). The number of nitriles is 1. The van der Waals surface area contributed by atoms with Crippen LogP contribution in [0.3, 0.4) is 0 Å². The molecule has 0 atom stereocenters. The van der Waals surface area contributed by atoms with E-state index in [1.165, 1.54) is 0 Å². The zero-order valence-corrected chi connectivity index (χ0v) is 12.0. The number of para-hydroxylation sites is 1. The van der Waals surface area contributed by atoms with Gasteiger partial charge in [-0.1, -0.05) is 24.3 Å². The molecule has 0 spiro atoms. The van der Waals surface area contributed by atoms with Gasteiger partial charge in [-0.05, 0) is 36.8 Å². The van der Waals surface area contributed by atoms with Gasteiger partial charge < -0.3 is 4.42 Å². The highest BCUT2D eigenvalue weighted by atomic mass is 16.3.